The molecule has 0 fully saturated rings. The standard InChI is InChI=1S/C18H18BrNO3/c1-3-9-23-18-15(19)10-13(11-17(18)22-2)6-7-16(21)14-5-4-8-20-12-14/h4-8,10-12H,3,9H2,1-2H3. The molecular weight excluding hydrogens is 358 g/mol. The average Bonchev–Trinajstić information content (AvgIpc) is 2.59. The van der Waals surface area contributed by atoms with Crippen LogP contribution in [0.2, 0.25) is 0 Å². The summed E-state index contributed by atoms with van der Waals surface area (Å²) in [4.78, 5) is 16.0. The van der Waals surface area contributed by atoms with E-state index < -0.39 is 0 Å². The first kappa shape index (κ1) is 17.2. The Bertz CT molecular complexity index is 699. The lowest BCUT2D eigenvalue weighted by molar-refractivity contribution is 0.104. The summed E-state index contributed by atoms with van der Waals surface area (Å²) in [5.74, 6) is 1.20. The maximum Gasteiger partial charge on any atom is 0.187 e. The van der Waals surface area contributed by atoms with E-state index in [2.05, 4.69) is 20.9 Å². The molecule has 0 aliphatic rings. The number of carbonyl (C=O) groups is 1. The third-order valence-electron chi connectivity index (χ3n) is 3.08. The van der Waals surface area contributed by atoms with Crippen molar-refractivity contribution in [2.75, 3.05) is 13.7 Å². The normalized spacial score (nSPS) is 10.7. The third kappa shape index (κ3) is 4.66. The van der Waals surface area contributed by atoms with Crippen LogP contribution in [-0.4, -0.2) is 24.5 Å². The van der Waals surface area contributed by atoms with Gasteiger partial charge in [0.25, 0.3) is 0 Å². The summed E-state index contributed by atoms with van der Waals surface area (Å²) >= 11 is 3.49. The first-order chi connectivity index (χ1) is 11.2. The van der Waals surface area contributed by atoms with Crippen molar-refractivity contribution in [1.29, 1.82) is 0 Å². The topological polar surface area (TPSA) is 48.4 Å². The number of ether oxygens (including phenoxy) is 2. The van der Waals surface area contributed by atoms with Gasteiger partial charge in [-0.3, -0.25) is 9.78 Å². The van der Waals surface area contributed by atoms with Crippen LogP contribution in [0.5, 0.6) is 11.5 Å². The predicted octanol–water partition coefficient (Wildman–Crippen LogP) is 4.54. The molecule has 0 atom stereocenters. The van der Waals surface area contributed by atoms with Gasteiger partial charge in [-0.2, -0.15) is 0 Å². The molecule has 120 valence electrons. The van der Waals surface area contributed by atoms with Crippen LogP contribution in [0.3, 0.4) is 0 Å². The molecule has 0 saturated heterocycles. The number of hydrogen-bond donors (Lipinski definition) is 0. The Morgan fingerprint density at radius 2 is 2.22 bits per heavy atom. The second-order valence-electron chi connectivity index (χ2n) is 4.82. The van der Waals surface area contributed by atoms with Crippen LogP contribution in [0, 0.1) is 0 Å². The molecule has 0 radical (unpaired) electrons. The molecule has 2 rings (SSSR count). The maximum absolute atomic E-state index is 12.1. The van der Waals surface area contributed by atoms with Crippen molar-refractivity contribution in [1.82, 2.24) is 4.98 Å². The lowest BCUT2D eigenvalue weighted by Gasteiger charge is -2.12. The summed E-state index contributed by atoms with van der Waals surface area (Å²) in [7, 11) is 1.59. The van der Waals surface area contributed by atoms with E-state index in [9.17, 15) is 4.79 Å². The zero-order valence-corrected chi connectivity index (χ0v) is 14.7. The van der Waals surface area contributed by atoms with Gasteiger partial charge in [0.15, 0.2) is 17.3 Å². The highest BCUT2D eigenvalue weighted by molar-refractivity contribution is 9.10. The molecule has 0 saturated carbocycles. The molecule has 0 unspecified atom stereocenters. The van der Waals surface area contributed by atoms with E-state index >= 15 is 0 Å². The van der Waals surface area contributed by atoms with E-state index in [1.54, 1.807) is 37.7 Å². The van der Waals surface area contributed by atoms with Gasteiger partial charge >= 0.3 is 0 Å². The summed E-state index contributed by atoms with van der Waals surface area (Å²) in [6, 6.07) is 7.20. The van der Waals surface area contributed by atoms with Crippen molar-refractivity contribution in [2.45, 2.75) is 13.3 Å². The smallest absolute Gasteiger partial charge is 0.187 e. The number of nitrogens with zero attached hydrogens (tertiary/aromatic N) is 1. The van der Waals surface area contributed by atoms with E-state index in [1.165, 1.54) is 6.08 Å². The average molecular weight is 376 g/mol. The number of allylic oxidation sites excluding steroid dienone is 1. The summed E-state index contributed by atoms with van der Waals surface area (Å²) < 4.78 is 11.8. The summed E-state index contributed by atoms with van der Waals surface area (Å²) in [6.07, 6.45) is 7.36. The zero-order valence-electron chi connectivity index (χ0n) is 13.1. The summed E-state index contributed by atoms with van der Waals surface area (Å²) in [5.41, 5.74) is 1.40. The quantitative estimate of drug-likeness (QED) is 0.526. The lowest BCUT2D eigenvalue weighted by atomic mass is 10.1. The maximum atomic E-state index is 12.1. The highest BCUT2D eigenvalue weighted by atomic mass is 79.9. The van der Waals surface area contributed by atoms with Crippen molar-refractivity contribution in [3.05, 3.63) is 58.3 Å². The number of halogens is 1. The van der Waals surface area contributed by atoms with Gasteiger partial charge in [-0.05, 0) is 58.3 Å². The first-order valence-corrected chi connectivity index (χ1v) is 8.07. The molecule has 23 heavy (non-hydrogen) atoms. The highest BCUT2D eigenvalue weighted by Crippen LogP contribution is 2.37. The highest BCUT2D eigenvalue weighted by Gasteiger charge is 2.11. The Hall–Kier alpha value is -2.14. The number of ketones is 1. The van der Waals surface area contributed by atoms with Gasteiger partial charge in [-0.1, -0.05) is 13.0 Å². The van der Waals surface area contributed by atoms with E-state index in [0.717, 1.165) is 16.5 Å². The molecule has 5 heteroatoms. The van der Waals surface area contributed by atoms with Gasteiger partial charge in [-0.15, -0.1) is 0 Å². The van der Waals surface area contributed by atoms with Crippen molar-refractivity contribution < 1.29 is 14.3 Å². The van der Waals surface area contributed by atoms with E-state index in [-0.39, 0.29) is 5.78 Å². The van der Waals surface area contributed by atoms with E-state index in [0.29, 0.717) is 23.7 Å². The number of benzene rings is 1. The minimum atomic E-state index is -0.0977. The molecule has 0 amide bonds. The molecular formula is C18H18BrNO3. The Morgan fingerprint density at radius 1 is 1.39 bits per heavy atom. The Kier molecular flexibility index (Phi) is 6.35. The van der Waals surface area contributed by atoms with Gasteiger partial charge in [0.2, 0.25) is 0 Å². The largest absolute Gasteiger partial charge is 0.493 e. The number of pyridine rings is 1. The summed E-state index contributed by atoms with van der Waals surface area (Å²) in [6.45, 7) is 2.66. The number of rotatable bonds is 7. The summed E-state index contributed by atoms with van der Waals surface area (Å²) in [5, 5.41) is 0. The monoisotopic (exact) mass is 375 g/mol. The van der Waals surface area contributed by atoms with Gasteiger partial charge in [-0.25, -0.2) is 0 Å². The van der Waals surface area contributed by atoms with Crippen LogP contribution in [0.1, 0.15) is 29.3 Å². The van der Waals surface area contributed by atoms with Crippen molar-refractivity contribution >= 4 is 27.8 Å². The van der Waals surface area contributed by atoms with Gasteiger partial charge in [0.1, 0.15) is 0 Å². The Labute approximate surface area is 144 Å². The molecule has 1 heterocycles. The third-order valence-corrected chi connectivity index (χ3v) is 3.66. The Balaban J connectivity index is 2.22. The second-order valence-corrected chi connectivity index (χ2v) is 5.68. The molecule has 1 aromatic carbocycles. The van der Waals surface area contributed by atoms with Gasteiger partial charge in [0, 0.05) is 18.0 Å². The molecule has 1 aromatic heterocycles. The van der Waals surface area contributed by atoms with Crippen molar-refractivity contribution in [3.8, 4) is 11.5 Å². The molecule has 0 aliphatic heterocycles. The fourth-order valence-corrected chi connectivity index (χ4v) is 2.53. The molecule has 2 aromatic rings. The number of carbonyl (C=O) groups excluding carboxylic acids is 1. The van der Waals surface area contributed by atoms with Crippen LogP contribution in [0.25, 0.3) is 6.08 Å². The minimum Gasteiger partial charge on any atom is -0.493 e. The number of aromatic nitrogens is 1. The fourth-order valence-electron chi connectivity index (χ4n) is 1.96. The predicted molar refractivity (Wildman–Crippen MR) is 94.1 cm³/mol. The molecule has 4 nitrogen and oxygen atoms in total. The van der Waals surface area contributed by atoms with Crippen LogP contribution in [-0.2, 0) is 0 Å². The zero-order chi connectivity index (χ0) is 16.7. The number of methoxy groups -OCH3 is 1. The second kappa shape index (κ2) is 8.48. The number of hydrogen-bond acceptors (Lipinski definition) is 4. The fraction of sp³-hybridized carbons (Fsp3) is 0.222. The van der Waals surface area contributed by atoms with Gasteiger partial charge in [0.05, 0.1) is 18.2 Å². The van der Waals surface area contributed by atoms with Crippen molar-refractivity contribution in [2.24, 2.45) is 0 Å². The SMILES string of the molecule is CCCOc1c(Br)cc(C=CC(=O)c2cccnc2)cc1OC. The van der Waals surface area contributed by atoms with Crippen LogP contribution in [0.4, 0.5) is 0 Å². The van der Waals surface area contributed by atoms with Crippen LogP contribution >= 0.6 is 15.9 Å². The minimum absolute atomic E-state index is 0.0977. The first-order valence-electron chi connectivity index (χ1n) is 7.28. The van der Waals surface area contributed by atoms with Crippen LogP contribution < -0.4 is 9.47 Å². The molecule has 0 aliphatic carbocycles. The molecule has 0 bridgehead atoms. The lowest BCUT2D eigenvalue weighted by Crippen LogP contribution is -1.99. The molecule has 0 N–H and O–H groups in total. The molecule has 0 spiro atoms. The van der Waals surface area contributed by atoms with Crippen LogP contribution in [0.15, 0.2) is 47.2 Å². The van der Waals surface area contributed by atoms with Gasteiger partial charge < -0.3 is 9.47 Å². The Morgan fingerprint density at radius 3 is 2.87 bits per heavy atom. The van der Waals surface area contributed by atoms with Crippen molar-refractivity contribution in [3.63, 3.8) is 0 Å². The van der Waals surface area contributed by atoms with E-state index in [4.69, 9.17) is 9.47 Å². The van der Waals surface area contributed by atoms with E-state index in [1.807, 2.05) is 19.1 Å².